The first-order chi connectivity index (χ1) is 11.8. The van der Waals surface area contributed by atoms with Crippen LogP contribution in [0.25, 0.3) is 0 Å². The molecule has 0 saturated carbocycles. The highest BCUT2D eigenvalue weighted by atomic mass is 16.6. The van der Waals surface area contributed by atoms with Crippen molar-refractivity contribution in [2.45, 2.75) is 38.1 Å². The van der Waals surface area contributed by atoms with Gasteiger partial charge in [0, 0.05) is 0 Å². The second kappa shape index (κ2) is 7.17. The maximum absolute atomic E-state index is 6.06. The Hall–Kier alpha value is -1.50. The Bertz CT molecular complexity index is 563. The van der Waals surface area contributed by atoms with Crippen molar-refractivity contribution in [2.75, 3.05) is 39.6 Å². The van der Waals surface area contributed by atoms with E-state index in [1.165, 1.54) is 0 Å². The average Bonchev–Trinajstić information content (AvgIpc) is 3.46. The van der Waals surface area contributed by atoms with Gasteiger partial charge >= 0.3 is 0 Å². The monoisotopic (exact) mass is 336 g/mol. The molecular weight excluding hydrogens is 312 g/mol. The number of aryl methyl sites for hydroxylation is 1. The predicted octanol–water partition coefficient (Wildman–Crippen LogP) is 1.97. The SMILES string of the molecule is CCCc1ccc(OCC2CO2)c(OCC2CO2)c1OCC1CO1. The van der Waals surface area contributed by atoms with Gasteiger partial charge in [0.1, 0.15) is 38.1 Å². The van der Waals surface area contributed by atoms with Gasteiger partial charge in [0.25, 0.3) is 0 Å². The zero-order chi connectivity index (χ0) is 16.4. The van der Waals surface area contributed by atoms with Crippen LogP contribution in [0.15, 0.2) is 12.1 Å². The second-order valence-corrected chi connectivity index (χ2v) is 6.43. The molecule has 0 N–H and O–H groups in total. The minimum absolute atomic E-state index is 0.180. The summed E-state index contributed by atoms with van der Waals surface area (Å²) in [6.07, 6.45) is 2.55. The first kappa shape index (κ1) is 16.0. The summed E-state index contributed by atoms with van der Waals surface area (Å²) in [5.74, 6) is 2.16. The zero-order valence-electron chi connectivity index (χ0n) is 14.0. The van der Waals surface area contributed by atoms with Crippen molar-refractivity contribution in [3.05, 3.63) is 17.7 Å². The van der Waals surface area contributed by atoms with E-state index >= 15 is 0 Å². The van der Waals surface area contributed by atoms with Crippen molar-refractivity contribution in [2.24, 2.45) is 0 Å². The lowest BCUT2D eigenvalue weighted by Crippen LogP contribution is -2.12. The zero-order valence-corrected chi connectivity index (χ0v) is 14.0. The molecule has 0 aliphatic carbocycles. The van der Waals surface area contributed by atoms with E-state index in [-0.39, 0.29) is 18.3 Å². The molecule has 132 valence electrons. The van der Waals surface area contributed by atoms with Crippen LogP contribution < -0.4 is 14.2 Å². The fourth-order valence-corrected chi connectivity index (χ4v) is 2.49. The van der Waals surface area contributed by atoms with Crippen molar-refractivity contribution in [1.82, 2.24) is 0 Å². The molecule has 0 radical (unpaired) electrons. The number of ether oxygens (including phenoxy) is 6. The topological polar surface area (TPSA) is 65.3 Å². The van der Waals surface area contributed by atoms with E-state index in [9.17, 15) is 0 Å². The molecule has 3 saturated heterocycles. The molecule has 1 aromatic carbocycles. The molecule has 6 heteroatoms. The normalized spacial score (nSPS) is 26.8. The lowest BCUT2D eigenvalue weighted by molar-refractivity contribution is 0.207. The molecule has 0 aromatic heterocycles. The summed E-state index contributed by atoms with van der Waals surface area (Å²) < 4.78 is 33.7. The Kier molecular flexibility index (Phi) is 4.78. The van der Waals surface area contributed by atoms with Gasteiger partial charge in [-0.05, 0) is 18.1 Å². The van der Waals surface area contributed by atoms with Crippen molar-refractivity contribution in [1.29, 1.82) is 0 Å². The van der Waals surface area contributed by atoms with Gasteiger partial charge in [-0.3, -0.25) is 0 Å². The summed E-state index contributed by atoms with van der Waals surface area (Å²) in [4.78, 5) is 0. The first-order valence-electron chi connectivity index (χ1n) is 8.72. The van der Waals surface area contributed by atoms with E-state index in [1.807, 2.05) is 6.07 Å². The molecule has 4 rings (SSSR count). The highest BCUT2D eigenvalue weighted by molar-refractivity contribution is 5.56. The minimum atomic E-state index is 0.180. The van der Waals surface area contributed by atoms with Crippen LogP contribution >= 0.6 is 0 Å². The molecular formula is C18H24O6. The molecule has 24 heavy (non-hydrogen) atoms. The van der Waals surface area contributed by atoms with E-state index in [2.05, 4.69) is 13.0 Å². The van der Waals surface area contributed by atoms with Gasteiger partial charge in [0.05, 0.1) is 19.8 Å². The van der Waals surface area contributed by atoms with E-state index in [4.69, 9.17) is 28.4 Å². The van der Waals surface area contributed by atoms with Crippen LogP contribution in [0.2, 0.25) is 0 Å². The van der Waals surface area contributed by atoms with Crippen LogP contribution in [-0.2, 0) is 20.6 Å². The predicted molar refractivity (Wildman–Crippen MR) is 86.1 cm³/mol. The number of benzene rings is 1. The van der Waals surface area contributed by atoms with Gasteiger partial charge in [-0.1, -0.05) is 19.4 Å². The first-order valence-corrected chi connectivity index (χ1v) is 8.72. The van der Waals surface area contributed by atoms with Crippen molar-refractivity contribution >= 4 is 0 Å². The van der Waals surface area contributed by atoms with E-state index in [1.54, 1.807) is 0 Å². The maximum atomic E-state index is 6.06. The van der Waals surface area contributed by atoms with Gasteiger partial charge in [-0.15, -0.1) is 0 Å². The Balaban J connectivity index is 1.55. The number of hydrogen-bond acceptors (Lipinski definition) is 6. The van der Waals surface area contributed by atoms with Gasteiger partial charge in [0.2, 0.25) is 5.75 Å². The molecule has 6 nitrogen and oxygen atoms in total. The van der Waals surface area contributed by atoms with Crippen molar-refractivity contribution < 1.29 is 28.4 Å². The number of rotatable bonds is 11. The third-order valence-electron chi connectivity index (χ3n) is 4.14. The molecule has 3 unspecified atom stereocenters. The van der Waals surface area contributed by atoms with E-state index < -0.39 is 0 Å². The lowest BCUT2D eigenvalue weighted by atomic mass is 10.1. The lowest BCUT2D eigenvalue weighted by Gasteiger charge is -2.19. The molecule has 3 aliphatic rings. The molecule has 3 fully saturated rings. The maximum Gasteiger partial charge on any atom is 0.203 e. The Labute approximate surface area is 141 Å². The highest BCUT2D eigenvalue weighted by Crippen LogP contribution is 2.42. The number of hydrogen-bond donors (Lipinski definition) is 0. The highest BCUT2D eigenvalue weighted by Gasteiger charge is 2.29. The minimum Gasteiger partial charge on any atom is -0.487 e. The standard InChI is InChI=1S/C18H24O6/c1-2-3-12-4-5-16(22-9-13-6-19-13)18(24-11-15-8-21-15)17(12)23-10-14-7-20-14/h4-5,13-15H,2-3,6-11H2,1H3. The van der Waals surface area contributed by atoms with Crippen LogP contribution in [0.4, 0.5) is 0 Å². The molecule has 3 heterocycles. The molecule has 1 aromatic rings. The Morgan fingerprint density at radius 1 is 0.833 bits per heavy atom. The summed E-state index contributed by atoms with van der Waals surface area (Å²) in [5.41, 5.74) is 1.14. The van der Waals surface area contributed by atoms with Crippen molar-refractivity contribution in [3.63, 3.8) is 0 Å². The van der Waals surface area contributed by atoms with Crippen LogP contribution in [0.3, 0.4) is 0 Å². The van der Waals surface area contributed by atoms with Gasteiger partial charge < -0.3 is 28.4 Å². The quantitative estimate of drug-likeness (QED) is 0.576. The second-order valence-electron chi connectivity index (χ2n) is 6.43. The summed E-state index contributed by atoms with van der Waals surface area (Å²) >= 11 is 0. The van der Waals surface area contributed by atoms with Gasteiger partial charge in [0.15, 0.2) is 11.5 Å². The summed E-state index contributed by atoms with van der Waals surface area (Å²) in [7, 11) is 0. The fourth-order valence-electron chi connectivity index (χ4n) is 2.49. The average molecular weight is 336 g/mol. The Morgan fingerprint density at radius 3 is 1.92 bits per heavy atom. The van der Waals surface area contributed by atoms with Crippen LogP contribution in [-0.4, -0.2) is 58.0 Å². The number of epoxide rings is 3. The summed E-state index contributed by atoms with van der Waals surface area (Å²) in [6, 6.07) is 4.03. The molecule has 0 bridgehead atoms. The fraction of sp³-hybridized carbons (Fsp3) is 0.667. The molecule has 3 atom stereocenters. The van der Waals surface area contributed by atoms with Gasteiger partial charge in [-0.25, -0.2) is 0 Å². The van der Waals surface area contributed by atoms with Gasteiger partial charge in [-0.2, -0.15) is 0 Å². The third kappa shape index (κ3) is 4.32. The Morgan fingerprint density at radius 2 is 1.38 bits per heavy atom. The van der Waals surface area contributed by atoms with E-state index in [0.29, 0.717) is 31.3 Å². The smallest absolute Gasteiger partial charge is 0.203 e. The summed E-state index contributed by atoms with van der Waals surface area (Å²) in [6.45, 7) is 6.04. The largest absolute Gasteiger partial charge is 0.487 e. The molecule has 0 spiro atoms. The van der Waals surface area contributed by atoms with E-state index in [0.717, 1.165) is 44.0 Å². The molecule has 3 aliphatic heterocycles. The summed E-state index contributed by atoms with van der Waals surface area (Å²) in [5, 5.41) is 0. The third-order valence-corrected chi connectivity index (χ3v) is 4.14. The van der Waals surface area contributed by atoms with Crippen LogP contribution in [0, 0.1) is 0 Å². The van der Waals surface area contributed by atoms with Crippen LogP contribution in [0.5, 0.6) is 17.2 Å². The van der Waals surface area contributed by atoms with Crippen molar-refractivity contribution in [3.8, 4) is 17.2 Å². The molecule has 0 amide bonds. The van der Waals surface area contributed by atoms with Crippen LogP contribution in [0.1, 0.15) is 18.9 Å².